The molecule has 1 saturated heterocycles. The Kier molecular flexibility index (Phi) is 6.04. The Labute approximate surface area is 139 Å². The minimum absolute atomic E-state index is 0.0583. The molecule has 2 rings (SSSR count). The summed E-state index contributed by atoms with van der Waals surface area (Å²) in [7, 11) is 5.96. The first-order valence-corrected chi connectivity index (χ1v) is 8.56. The van der Waals surface area contributed by atoms with Crippen LogP contribution < -0.4 is 5.32 Å². The van der Waals surface area contributed by atoms with Crippen molar-refractivity contribution in [3.8, 4) is 0 Å². The van der Waals surface area contributed by atoms with Gasteiger partial charge in [-0.05, 0) is 38.8 Å². The van der Waals surface area contributed by atoms with Crippen LogP contribution in [-0.4, -0.2) is 59.3 Å². The molecule has 1 fully saturated rings. The average molecular weight is 321 g/mol. The summed E-state index contributed by atoms with van der Waals surface area (Å²) in [6.07, 6.45) is 6.10. The number of piperidine rings is 1. The Morgan fingerprint density at radius 2 is 2.04 bits per heavy atom. The number of hydrogen-bond acceptors (Lipinski definition) is 3. The second kappa shape index (κ2) is 7.81. The van der Waals surface area contributed by atoms with Crippen molar-refractivity contribution >= 4 is 6.03 Å². The second-order valence-electron chi connectivity index (χ2n) is 7.18. The van der Waals surface area contributed by atoms with E-state index in [4.69, 9.17) is 0 Å². The molecule has 1 aliphatic heterocycles. The van der Waals surface area contributed by atoms with Gasteiger partial charge < -0.3 is 15.1 Å². The van der Waals surface area contributed by atoms with Crippen LogP contribution in [0.4, 0.5) is 4.79 Å². The van der Waals surface area contributed by atoms with Crippen LogP contribution in [0.15, 0.2) is 12.4 Å². The highest BCUT2D eigenvalue weighted by Gasteiger charge is 2.25. The third-order valence-corrected chi connectivity index (χ3v) is 4.95. The molecule has 0 spiro atoms. The molecule has 1 unspecified atom stereocenters. The lowest BCUT2D eigenvalue weighted by molar-refractivity contribution is 0.154. The standard InChI is InChI=1S/C17H31N5O/c1-13(2)14-6-8-22(9-7-14)17(23)18-11-16(20(3)4)15-10-19-21(5)12-15/h10,12-14,16H,6-9,11H2,1-5H3,(H,18,23). The predicted molar refractivity (Wildman–Crippen MR) is 92.2 cm³/mol. The fraction of sp³-hybridized carbons (Fsp3) is 0.765. The van der Waals surface area contributed by atoms with Gasteiger partial charge in [0.2, 0.25) is 0 Å². The molecule has 0 radical (unpaired) electrons. The first-order chi connectivity index (χ1) is 10.9. The maximum Gasteiger partial charge on any atom is 0.317 e. The number of amides is 2. The molecule has 2 amide bonds. The quantitative estimate of drug-likeness (QED) is 0.903. The Bertz CT molecular complexity index is 503. The van der Waals surface area contributed by atoms with Crippen molar-refractivity contribution in [3.63, 3.8) is 0 Å². The normalized spacial score (nSPS) is 17.8. The molecule has 1 aliphatic rings. The Balaban J connectivity index is 1.85. The molecule has 1 atom stereocenters. The molecule has 6 nitrogen and oxygen atoms in total. The Morgan fingerprint density at radius 1 is 1.39 bits per heavy atom. The van der Waals surface area contributed by atoms with E-state index < -0.39 is 0 Å². The van der Waals surface area contributed by atoms with Crippen LogP contribution in [0.1, 0.15) is 38.3 Å². The molecule has 2 heterocycles. The predicted octanol–water partition coefficient (Wildman–Crippen LogP) is 2.10. The molecule has 0 bridgehead atoms. The van der Waals surface area contributed by atoms with Crippen molar-refractivity contribution in [2.75, 3.05) is 33.7 Å². The first-order valence-electron chi connectivity index (χ1n) is 8.56. The van der Waals surface area contributed by atoms with Gasteiger partial charge in [0, 0.05) is 38.4 Å². The summed E-state index contributed by atoms with van der Waals surface area (Å²) in [5.41, 5.74) is 1.12. The van der Waals surface area contributed by atoms with E-state index in [1.807, 2.05) is 38.4 Å². The number of carbonyl (C=O) groups is 1. The van der Waals surface area contributed by atoms with Gasteiger partial charge in [-0.1, -0.05) is 13.8 Å². The smallest absolute Gasteiger partial charge is 0.317 e. The van der Waals surface area contributed by atoms with Crippen molar-refractivity contribution in [1.82, 2.24) is 24.9 Å². The zero-order chi connectivity index (χ0) is 17.0. The van der Waals surface area contributed by atoms with Crippen LogP contribution in [0, 0.1) is 11.8 Å². The number of nitrogens with one attached hydrogen (secondary N) is 1. The van der Waals surface area contributed by atoms with Crippen LogP contribution in [0.5, 0.6) is 0 Å². The van der Waals surface area contributed by atoms with Gasteiger partial charge >= 0.3 is 6.03 Å². The van der Waals surface area contributed by atoms with E-state index >= 15 is 0 Å². The third-order valence-electron chi connectivity index (χ3n) is 4.95. The summed E-state index contributed by atoms with van der Waals surface area (Å²) in [5.74, 6) is 1.47. The highest BCUT2D eigenvalue weighted by molar-refractivity contribution is 5.74. The molecule has 130 valence electrons. The van der Waals surface area contributed by atoms with Crippen LogP contribution in [-0.2, 0) is 7.05 Å². The number of aromatic nitrogens is 2. The summed E-state index contributed by atoms with van der Waals surface area (Å²) in [4.78, 5) is 16.5. The maximum atomic E-state index is 12.4. The summed E-state index contributed by atoms with van der Waals surface area (Å²) in [6, 6.07) is 0.198. The number of rotatable bonds is 5. The number of likely N-dealkylation sites (tertiary alicyclic amines) is 1. The van der Waals surface area contributed by atoms with Crippen molar-refractivity contribution in [2.45, 2.75) is 32.7 Å². The monoisotopic (exact) mass is 321 g/mol. The largest absolute Gasteiger partial charge is 0.336 e. The Hall–Kier alpha value is -1.56. The lowest BCUT2D eigenvalue weighted by Gasteiger charge is -2.34. The van der Waals surface area contributed by atoms with Gasteiger partial charge in [-0.15, -0.1) is 0 Å². The van der Waals surface area contributed by atoms with Crippen LogP contribution in [0.25, 0.3) is 0 Å². The molecular weight excluding hydrogens is 290 g/mol. The van der Waals surface area contributed by atoms with E-state index in [9.17, 15) is 4.79 Å². The molecular formula is C17H31N5O. The van der Waals surface area contributed by atoms with Crippen molar-refractivity contribution in [3.05, 3.63) is 18.0 Å². The third kappa shape index (κ3) is 4.70. The van der Waals surface area contributed by atoms with Crippen LogP contribution >= 0.6 is 0 Å². The number of nitrogens with zero attached hydrogens (tertiary/aromatic N) is 4. The number of likely N-dealkylation sites (N-methyl/N-ethyl adjacent to an activating group) is 1. The highest BCUT2D eigenvalue weighted by atomic mass is 16.2. The van der Waals surface area contributed by atoms with Crippen LogP contribution in [0.2, 0.25) is 0 Å². The molecule has 0 aromatic carbocycles. The van der Waals surface area contributed by atoms with Gasteiger partial charge in [0.25, 0.3) is 0 Å². The zero-order valence-electron chi connectivity index (χ0n) is 15.1. The highest BCUT2D eigenvalue weighted by Crippen LogP contribution is 2.24. The van der Waals surface area contributed by atoms with Gasteiger partial charge in [0.1, 0.15) is 0 Å². The first kappa shape index (κ1) is 17.8. The van der Waals surface area contributed by atoms with Gasteiger partial charge in [-0.2, -0.15) is 5.10 Å². The Morgan fingerprint density at radius 3 is 2.52 bits per heavy atom. The van der Waals surface area contributed by atoms with E-state index in [0.717, 1.165) is 37.4 Å². The van der Waals surface area contributed by atoms with Crippen LogP contribution in [0.3, 0.4) is 0 Å². The van der Waals surface area contributed by atoms with Gasteiger partial charge in [0.05, 0.1) is 12.2 Å². The molecule has 23 heavy (non-hydrogen) atoms. The number of urea groups is 1. The van der Waals surface area contributed by atoms with Crippen molar-refractivity contribution in [2.24, 2.45) is 18.9 Å². The van der Waals surface area contributed by atoms with E-state index in [0.29, 0.717) is 12.5 Å². The molecule has 1 N–H and O–H groups in total. The number of aryl methyl sites for hydroxylation is 1. The molecule has 0 saturated carbocycles. The topological polar surface area (TPSA) is 53.4 Å². The summed E-state index contributed by atoms with van der Waals surface area (Å²) in [5, 5.41) is 7.32. The van der Waals surface area contributed by atoms with E-state index in [1.165, 1.54) is 0 Å². The van der Waals surface area contributed by atoms with Crippen molar-refractivity contribution < 1.29 is 4.79 Å². The molecule has 0 aliphatic carbocycles. The number of carbonyl (C=O) groups excluding carboxylic acids is 1. The van der Waals surface area contributed by atoms with Gasteiger partial charge in [-0.25, -0.2) is 4.79 Å². The van der Waals surface area contributed by atoms with E-state index in [1.54, 1.807) is 4.68 Å². The SMILES string of the molecule is CC(C)C1CCN(C(=O)NCC(c2cnn(C)c2)N(C)C)CC1. The van der Waals surface area contributed by atoms with E-state index in [2.05, 4.69) is 29.2 Å². The van der Waals surface area contributed by atoms with Gasteiger partial charge in [0.15, 0.2) is 0 Å². The van der Waals surface area contributed by atoms with Gasteiger partial charge in [-0.3, -0.25) is 4.68 Å². The minimum atomic E-state index is 0.0583. The number of hydrogen-bond donors (Lipinski definition) is 1. The molecule has 1 aromatic heterocycles. The lowest BCUT2D eigenvalue weighted by Crippen LogP contribution is -2.46. The summed E-state index contributed by atoms with van der Waals surface area (Å²) >= 11 is 0. The molecule has 6 heteroatoms. The van der Waals surface area contributed by atoms with E-state index in [-0.39, 0.29) is 12.1 Å². The lowest BCUT2D eigenvalue weighted by atomic mass is 9.87. The average Bonchev–Trinajstić information content (AvgIpc) is 2.93. The summed E-state index contributed by atoms with van der Waals surface area (Å²) in [6.45, 7) is 6.88. The second-order valence-corrected chi connectivity index (χ2v) is 7.18. The zero-order valence-corrected chi connectivity index (χ0v) is 15.1. The minimum Gasteiger partial charge on any atom is -0.336 e. The van der Waals surface area contributed by atoms with Crippen molar-refractivity contribution in [1.29, 1.82) is 0 Å². The molecule has 1 aromatic rings. The fourth-order valence-corrected chi connectivity index (χ4v) is 3.28. The maximum absolute atomic E-state index is 12.4. The fourth-order valence-electron chi connectivity index (χ4n) is 3.28. The summed E-state index contributed by atoms with van der Waals surface area (Å²) < 4.78 is 1.80.